The zero-order chi connectivity index (χ0) is 40.5. The molecule has 0 amide bonds. The van der Waals surface area contributed by atoms with Crippen LogP contribution in [0.25, 0.3) is 33.1 Å². The summed E-state index contributed by atoms with van der Waals surface area (Å²) < 4.78 is 13.7. The molecule has 0 radical (unpaired) electrons. The second-order valence-corrected chi connectivity index (χ2v) is 15.6. The van der Waals surface area contributed by atoms with Crippen molar-refractivity contribution in [3.8, 4) is 28.7 Å². The minimum absolute atomic E-state index is 0.532. The molecule has 2 heterocycles. The van der Waals surface area contributed by atoms with Gasteiger partial charge in [-0.3, -0.25) is 0 Å². The van der Waals surface area contributed by atoms with Gasteiger partial charge in [0.05, 0.1) is 22.7 Å². The first-order chi connectivity index (χ1) is 30.2. The molecule has 286 valence electrons. The molecule has 1 aromatic heterocycles. The van der Waals surface area contributed by atoms with Gasteiger partial charge < -0.3 is 19.0 Å². The monoisotopic (exact) mass is 781 g/mol. The molecule has 0 N–H and O–H groups in total. The fourth-order valence-corrected chi connectivity index (χ4v) is 9.85. The highest BCUT2D eigenvalue weighted by atomic mass is 16.5. The van der Waals surface area contributed by atoms with Gasteiger partial charge in [0.2, 0.25) is 0 Å². The van der Waals surface area contributed by atoms with E-state index < -0.39 is 5.41 Å². The highest BCUT2D eigenvalue weighted by Gasteiger charge is 2.51. The van der Waals surface area contributed by atoms with Gasteiger partial charge in [-0.05, 0) is 89.0 Å². The van der Waals surface area contributed by atoms with Crippen molar-refractivity contribution in [2.24, 2.45) is 0 Å². The van der Waals surface area contributed by atoms with Crippen LogP contribution in [0, 0.1) is 11.3 Å². The van der Waals surface area contributed by atoms with Crippen LogP contribution in [0.4, 0.5) is 34.1 Å². The van der Waals surface area contributed by atoms with E-state index in [1.807, 2.05) is 66.7 Å². The number of furan rings is 1. The number of anilines is 6. The molecule has 0 fully saturated rings. The number of nitriles is 1. The number of hydrogen-bond acceptors (Lipinski definition) is 5. The molecule has 10 aromatic rings. The maximum absolute atomic E-state index is 10.8. The summed E-state index contributed by atoms with van der Waals surface area (Å²) in [7, 11) is 0. The van der Waals surface area contributed by atoms with Gasteiger partial charge in [0.15, 0.2) is 0 Å². The Labute approximate surface area is 353 Å². The molecule has 5 heteroatoms. The summed E-state index contributed by atoms with van der Waals surface area (Å²) in [5.41, 5.74) is 14.1. The molecular formula is C56H35N3O2. The zero-order valence-corrected chi connectivity index (χ0v) is 32.9. The quantitative estimate of drug-likeness (QED) is 0.168. The fraction of sp³-hybridized carbons (Fsp3) is 0.0179. The zero-order valence-electron chi connectivity index (χ0n) is 32.9. The lowest BCUT2D eigenvalue weighted by Crippen LogP contribution is -2.32. The first-order valence-corrected chi connectivity index (χ1v) is 20.5. The molecule has 0 saturated heterocycles. The van der Waals surface area contributed by atoms with E-state index in [0.29, 0.717) is 16.7 Å². The second-order valence-electron chi connectivity index (χ2n) is 15.6. The summed E-state index contributed by atoms with van der Waals surface area (Å²) in [6.45, 7) is 0. The smallest absolute Gasteiger partial charge is 0.138 e. The van der Waals surface area contributed by atoms with Crippen molar-refractivity contribution in [3.63, 3.8) is 0 Å². The van der Waals surface area contributed by atoms with E-state index in [2.05, 4.69) is 161 Å². The Hall–Kier alpha value is -8.33. The largest absolute Gasteiger partial charge is 0.457 e. The average molecular weight is 782 g/mol. The number of para-hydroxylation sites is 4. The Morgan fingerprint density at radius 3 is 1.51 bits per heavy atom. The van der Waals surface area contributed by atoms with Gasteiger partial charge in [-0.2, -0.15) is 5.26 Å². The van der Waals surface area contributed by atoms with Crippen LogP contribution in [0.3, 0.4) is 0 Å². The third-order valence-electron chi connectivity index (χ3n) is 12.3. The van der Waals surface area contributed by atoms with Gasteiger partial charge in [0.1, 0.15) is 22.7 Å². The molecule has 0 unspecified atom stereocenters. The number of hydrogen-bond donors (Lipinski definition) is 0. The van der Waals surface area contributed by atoms with Crippen LogP contribution in [0.1, 0.15) is 27.8 Å². The van der Waals surface area contributed by atoms with Gasteiger partial charge in [-0.15, -0.1) is 0 Å². The van der Waals surface area contributed by atoms with E-state index in [9.17, 15) is 5.26 Å². The molecule has 0 atom stereocenters. The Morgan fingerprint density at radius 2 is 0.885 bits per heavy atom. The summed E-state index contributed by atoms with van der Waals surface area (Å²) in [4.78, 5) is 4.39. The molecule has 5 nitrogen and oxygen atoms in total. The number of nitrogens with zero attached hydrogens (tertiary/aromatic N) is 3. The van der Waals surface area contributed by atoms with Crippen LogP contribution < -0.4 is 14.5 Å². The van der Waals surface area contributed by atoms with E-state index in [1.54, 1.807) is 0 Å². The van der Waals surface area contributed by atoms with Crippen LogP contribution in [0.15, 0.2) is 217 Å². The third kappa shape index (κ3) is 5.19. The van der Waals surface area contributed by atoms with E-state index in [4.69, 9.17) is 9.15 Å². The molecule has 1 spiro atoms. The lowest BCUT2D eigenvalue weighted by atomic mass is 9.66. The van der Waals surface area contributed by atoms with Crippen LogP contribution in [0.2, 0.25) is 0 Å². The summed E-state index contributed by atoms with van der Waals surface area (Å²) >= 11 is 0. The van der Waals surface area contributed by atoms with Crippen LogP contribution in [-0.4, -0.2) is 0 Å². The second kappa shape index (κ2) is 13.6. The Morgan fingerprint density at radius 1 is 0.393 bits per heavy atom. The number of rotatable bonds is 6. The minimum atomic E-state index is -0.565. The predicted molar refractivity (Wildman–Crippen MR) is 245 cm³/mol. The Balaban J connectivity index is 1.03. The van der Waals surface area contributed by atoms with Crippen molar-refractivity contribution < 1.29 is 9.15 Å². The van der Waals surface area contributed by atoms with Crippen molar-refractivity contribution in [3.05, 3.63) is 240 Å². The Kier molecular flexibility index (Phi) is 7.75. The first-order valence-electron chi connectivity index (χ1n) is 20.5. The summed E-state index contributed by atoms with van der Waals surface area (Å²) in [5, 5.41) is 12.5. The van der Waals surface area contributed by atoms with Crippen molar-refractivity contribution >= 4 is 56.1 Å². The molecule has 0 saturated carbocycles. The van der Waals surface area contributed by atoms with Gasteiger partial charge in [0, 0.05) is 68.5 Å². The lowest BCUT2D eigenvalue weighted by Gasteiger charge is -2.40. The van der Waals surface area contributed by atoms with E-state index >= 15 is 0 Å². The van der Waals surface area contributed by atoms with Crippen molar-refractivity contribution in [1.82, 2.24) is 0 Å². The topological polar surface area (TPSA) is 52.6 Å². The van der Waals surface area contributed by atoms with Crippen molar-refractivity contribution in [2.75, 3.05) is 9.80 Å². The highest BCUT2D eigenvalue weighted by Crippen LogP contribution is 2.62. The SMILES string of the molecule is N#Cc1cc(N(c2ccccc2)c2ccc3c(c2)Oc2ccccc2C32c3ccccc3-c3ccccc32)cc2oc3cc(N(c4ccccc4)c4ccccc4)ccc3c12. The molecule has 61 heavy (non-hydrogen) atoms. The van der Waals surface area contributed by atoms with Gasteiger partial charge >= 0.3 is 0 Å². The first kappa shape index (κ1) is 34.7. The van der Waals surface area contributed by atoms with E-state index in [1.165, 1.54) is 22.3 Å². The Bertz CT molecular complexity index is 3280. The van der Waals surface area contributed by atoms with E-state index in [-0.39, 0.29) is 0 Å². The lowest BCUT2D eigenvalue weighted by molar-refractivity contribution is 0.436. The molecule has 1 aliphatic carbocycles. The number of fused-ring (bicyclic) bond motifs is 12. The van der Waals surface area contributed by atoms with Gasteiger partial charge in [-0.1, -0.05) is 127 Å². The maximum atomic E-state index is 10.8. The summed E-state index contributed by atoms with van der Waals surface area (Å²) in [6, 6.07) is 76.2. The van der Waals surface area contributed by atoms with Crippen molar-refractivity contribution in [1.29, 1.82) is 5.26 Å². The number of ether oxygens (including phenoxy) is 1. The molecular weight excluding hydrogens is 747 g/mol. The number of benzene rings is 9. The fourth-order valence-electron chi connectivity index (χ4n) is 9.85. The normalized spacial score (nSPS) is 12.8. The van der Waals surface area contributed by atoms with Crippen LogP contribution in [0.5, 0.6) is 11.5 Å². The van der Waals surface area contributed by atoms with E-state index in [0.717, 1.165) is 67.5 Å². The highest BCUT2D eigenvalue weighted by molar-refractivity contribution is 6.10. The minimum Gasteiger partial charge on any atom is -0.457 e. The van der Waals surface area contributed by atoms with Crippen molar-refractivity contribution in [2.45, 2.75) is 5.41 Å². The van der Waals surface area contributed by atoms with Crippen LogP contribution >= 0.6 is 0 Å². The third-order valence-corrected chi connectivity index (χ3v) is 12.3. The predicted octanol–water partition coefficient (Wildman–Crippen LogP) is 14.9. The molecule has 9 aromatic carbocycles. The average Bonchev–Trinajstić information content (AvgIpc) is 3.83. The summed E-state index contributed by atoms with van der Waals surface area (Å²) in [5.74, 6) is 1.61. The molecule has 1 aliphatic heterocycles. The maximum Gasteiger partial charge on any atom is 0.138 e. The van der Waals surface area contributed by atoms with Crippen LogP contribution in [-0.2, 0) is 5.41 Å². The van der Waals surface area contributed by atoms with Gasteiger partial charge in [-0.25, -0.2) is 0 Å². The van der Waals surface area contributed by atoms with Gasteiger partial charge in [0.25, 0.3) is 0 Å². The molecule has 2 aliphatic rings. The molecule has 12 rings (SSSR count). The molecule has 0 bridgehead atoms. The summed E-state index contributed by atoms with van der Waals surface area (Å²) in [6.07, 6.45) is 0. The standard InChI is InChI=1S/C56H35N3O2/c57-36-37-32-43(35-54-55(37)46-30-28-41(33-52(46)61-54)58(38-16-4-1-5-17-38)39-18-6-2-7-19-39)59(40-20-8-3-9-21-40)42-29-31-50-53(34-42)60-51-27-15-14-26-49(51)56(50)47-24-12-10-22-44(47)45-23-11-13-25-48(45)56/h1-35H.